The van der Waals surface area contributed by atoms with Crippen molar-refractivity contribution in [3.8, 4) is 0 Å². The molecule has 19 heavy (non-hydrogen) atoms. The van der Waals surface area contributed by atoms with Gasteiger partial charge in [-0.1, -0.05) is 24.3 Å². The maximum Gasteiger partial charge on any atom is 0.271 e. The van der Waals surface area contributed by atoms with Crippen LogP contribution in [0.15, 0.2) is 47.4 Å². The summed E-state index contributed by atoms with van der Waals surface area (Å²) in [5, 5.41) is 10.6. The highest BCUT2D eigenvalue weighted by Gasteiger charge is 2.09. The summed E-state index contributed by atoms with van der Waals surface area (Å²) in [4.78, 5) is 11.1. The largest absolute Gasteiger partial charge is 0.398 e. The van der Waals surface area contributed by atoms with E-state index < -0.39 is 4.92 Å². The molecule has 0 aliphatic heterocycles. The summed E-state index contributed by atoms with van der Waals surface area (Å²) in [5.74, 6) is 0.800. The SMILES string of the molecule is Cc1ccccc1CSc1ccc([N+](=O)[O-])cc1N. The summed E-state index contributed by atoms with van der Waals surface area (Å²) in [6.07, 6.45) is 0. The van der Waals surface area contributed by atoms with E-state index in [-0.39, 0.29) is 5.69 Å². The second-order valence-corrected chi connectivity index (χ2v) is 5.21. The number of nitrogen functional groups attached to an aromatic ring is 1. The highest BCUT2D eigenvalue weighted by molar-refractivity contribution is 7.98. The van der Waals surface area contributed by atoms with E-state index in [1.54, 1.807) is 17.8 Å². The quantitative estimate of drug-likeness (QED) is 0.399. The first kappa shape index (κ1) is 13.4. The lowest BCUT2D eigenvalue weighted by atomic mass is 10.1. The topological polar surface area (TPSA) is 69.2 Å². The van der Waals surface area contributed by atoms with Crippen LogP contribution in [0.2, 0.25) is 0 Å². The standard InChI is InChI=1S/C14H14N2O2S/c1-10-4-2-3-5-11(10)9-19-14-7-6-12(16(17)18)8-13(14)15/h2-8H,9,15H2,1H3. The van der Waals surface area contributed by atoms with Crippen LogP contribution < -0.4 is 5.73 Å². The Balaban J connectivity index is 2.12. The second kappa shape index (κ2) is 5.75. The molecule has 0 heterocycles. The summed E-state index contributed by atoms with van der Waals surface area (Å²) in [6.45, 7) is 2.06. The molecular formula is C14H14N2O2S. The average molecular weight is 274 g/mol. The van der Waals surface area contributed by atoms with E-state index in [1.165, 1.54) is 23.3 Å². The Morgan fingerprint density at radius 2 is 2.00 bits per heavy atom. The third kappa shape index (κ3) is 3.26. The third-order valence-electron chi connectivity index (χ3n) is 2.85. The van der Waals surface area contributed by atoms with Crippen LogP contribution in [0.1, 0.15) is 11.1 Å². The molecule has 0 fully saturated rings. The van der Waals surface area contributed by atoms with E-state index in [0.717, 1.165) is 10.6 Å². The number of rotatable bonds is 4. The predicted molar refractivity (Wildman–Crippen MR) is 78.2 cm³/mol. The summed E-state index contributed by atoms with van der Waals surface area (Å²) in [7, 11) is 0. The minimum Gasteiger partial charge on any atom is -0.398 e. The Morgan fingerprint density at radius 3 is 2.63 bits per heavy atom. The molecule has 0 radical (unpaired) electrons. The highest BCUT2D eigenvalue weighted by atomic mass is 32.2. The Kier molecular flexibility index (Phi) is 4.06. The highest BCUT2D eigenvalue weighted by Crippen LogP contribution is 2.31. The van der Waals surface area contributed by atoms with Gasteiger partial charge in [0.2, 0.25) is 0 Å². The van der Waals surface area contributed by atoms with Gasteiger partial charge in [-0.15, -0.1) is 11.8 Å². The van der Waals surface area contributed by atoms with Crippen molar-refractivity contribution >= 4 is 23.1 Å². The van der Waals surface area contributed by atoms with Gasteiger partial charge in [-0.05, 0) is 24.1 Å². The Hall–Kier alpha value is -2.01. The minimum atomic E-state index is -0.438. The number of nitrogens with zero attached hydrogens (tertiary/aromatic N) is 1. The van der Waals surface area contributed by atoms with Crippen molar-refractivity contribution in [3.63, 3.8) is 0 Å². The first-order valence-corrected chi connectivity index (χ1v) is 6.77. The molecule has 0 atom stereocenters. The minimum absolute atomic E-state index is 0.0257. The number of hydrogen-bond acceptors (Lipinski definition) is 4. The molecule has 0 saturated carbocycles. The van der Waals surface area contributed by atoms with E-state index in [0.29, 0.717) is 5.69 Å². The molecule has 0 saturated heterocycles. The van der Waals surface area contributed by atoms with Gasteiger partial charge in [-0.2, -0.15) is 0 Å². The zero-order valence-corrected chi connectivity index (χ0v) is 11.3. The molecule has 0 aliphatic carbocycles. The summed E-state index contributed by atoms with van der Waals surface area (Å²) < 4.78 is 0. The molecule has 2 aromatic rings. The van der Waals surface area contributed by atoms with Crippen LogP contribution in [0.5, 0.6) is 0 Å². The van der Waals surface area contributed by atoms with Crippen molar-refractivity contribution in [2.45, 2.75) is 17.6 Å². The summed E-state index contributed by atoms with van der Waals surface area (Å²) in [5.41, 5.74) is 8.79. The predicted octanol–water partition coefficient (Wildman–Crippen LogP) is 3.78. The average Bonchev–Trinajstić information content (AvgIpc) is 2.39. The number of nitrogens with two attached hydrogens (primary N) is 1. The smallest absolute Gasteiger partial charge is 0.271 e. The zero-order chi connectivity index (χ0) is 13.8. The fourth-order valence-corrected chi connectivity index (χ4v) is 2.73. The molecule has 2 N–H and O–H groups in total. The molecule has 0 bridgehead atoms. The van der Waals surface area contributed by atoms with Crippen molar-refractivity contribution in [1.29, 1.82) is 0 Å². The Labute approximate surface area is 115 Å². The number of nitro groups is 1. The van der Waals surface area contributed by atoms with Crippen molar-refractivity contribution in [3.05, 3.63) is 63.7 Å². The van der Waals surface area contributed by atoms with Gasteiger partial charge in [-0.25, -0.2) is 0 Å². The number of aryl methyl sites for hydroxylation is 1. The van der Waals surface area contributed by atoms with Gasteiger partial charge in [0.05, 0.1) is 10.6 Å². The van der Waals surface area contributed by atoms with E-state index in [4.69, 9.17) is 5.73 Å². The normalized spacial score (nSPS) is 10.4. The molecule has 4 nitrogen and oxygen atoms in total. The van der Waals surface area contributed by atoms with Gasteiger partial charge < -0.3 is 5.73 Å². The summed E-state index contributed by atoms with van der Waals surface area (Å²) in [6, 6.07) is 12.7. The third-order valence-corrected chi connectivity index (χ3v) is 3.99. The molecule has 0 aliphatic rings. The number of hydrogen-bond donors (Lipinski definition) is 1. The molecule has 0 spiro atoms. The van der Waals surface area contributed by atoms with Crippen molar-refractivity contribution in [1.82, 2.24) is 0 Å². The first-order chi connectivity index (χ1) is 9.08. The lowest BCUT2D eigenvalue weighted by molar-refractivity contribution is -0.384. The van der Waals surface area contributed by atoms with E-state index in [2.05, 4.69) is 19.1 Å². The molecule has 0 unspecified atom stereocenters. The van der Waals surface area contributed by atoms with E-state index in [9.17, 15) is 10.1 Å². The van der Waals surface area contributed by atoms with Crippen LogP contribution in [0.4, 0.5) is 11.4 Å². The maximum atomic E-state index is 10.6. The van der Waals surface area contributed by atoms with Crippen molar-refractivity contribution < 1.29 is 4.92 Å². The molecule has 0 amide bonds. The van der Waals surface area contributed by atoms with Gasteiger partial charge in [0.15, 0.2) is 0 Å². The first-order valence-electron chi connectivity index (χ1n) is 5.79. The fourth-order valence-electron chi connectivity index (χ4n) is 1.71. The van der Waals surface area contributed by atoms with Gasteiger partial charge in [0, 0.05) is 22.8 Å². The van der Waals surface area contributed by atoms with Gasteiger partial charge in [-0.3, -0.25) is 10.1 Å². The van der Waals surface area contributed by atoms with Gasteiger partial charge in [0.1, 0.15) is 0 Å². The van der Waals surface area contributed by atoms with Crippen LogP contribution in [-0.4, -0.2) is 4.92 Å². The lowest BCUT2D eigenvalue weighted by Gasteiger charge is -2.07. The number of non-ortho nitro benzene ring substituents is 1. The fraction of sp³-hybridized carbons (Fsp3) is 0.143. The van der Waals surface area contributed by atoms with E-state index in [1.807, 2.05) is 12.1 Å². The maximum absolute atomic E-state index is 10.6. The molecule has 0 aromatic heterocycles. The van der Waals surface area contributed by atoms with Crippen LogP contribution in [0.3, 0.4) is 0 Å². The molecule has 2 rings (SSSR count). The number of thioether (sulfide) groups is 1. The summed E-state index contributed by atoms with van der Waals surface area (Å²) >= 11 is 1.59. The zero-order valence-electron chi connectivity index (χ0n) is 10.5. The Bertz CT molecular complexity index is 614. The van der Waals surface area contributed by atoms with Gasteiger partial charge >= 0.3 is 0 Å². The number of nitro benzene ring substituents is 1. The van der Waals surface area contributed by atoms with Crippen LogP contribution in [0.25, 0.3) is 0 Å². The van der Waals surface area contributed by atoms with Crippen LogP contribution in [-0.2, 0) is 5.75 Å². The Morgan fingerprint density at radius 1 is 1.26 bits per heavy atom. The van der Waals surface area contributed by atoms with Crippen molar-refractivity contribution in [2.75, 3.05) is 5.73 Å². The van der Waals surface area contributed by atoms with Crippen LogP contribution >= 0.6 is 11.8 Å². The molecule has 98 valence electrons. The molecule has 2 aromatic carbocycles. The number of anilines is 1. The second-order valence-electron chi connectivity index (χ2n) is 4.19. The van der Waals surface area contributed by atoms with Gasteiger partial charge in [0.25, 0.3) is 5.69 Å². The number of benzene rings is 2. The van der Waals surface area contributed by atoms with Crippen molar-refractivity contribution in [2.24, 2.45) is 0 Å². The lowest BCUT2D eigenvalue weighted by Crippen LogP contribution is -1.94. The van der Waals surface area contributed by atoms with E-state index >= 15 is 0 Å². The molecule has 5 heteroatoms. The monoisotopic (exact) mass is 274 g/mol. The van der Waals surface area contributed by atoms with Crippen LogP contribution in [0, 0.1) is 17.0 Å². The molecular weight excluding hydrogens is 260 g/mol.